The van der Waals surface area contributed by atoms with Gasteiger partial charge in [-0.1, -0.05) is 12.1 Å². The molecule has 0 aromatic heterocycles. The molecule has 2 N–H and O–H groups in total. The summed E-state index contributed by atoms with van der Waals surface area (Å²) >= 11 is 0. The fourth-order valence-corrected chi connectivity index (χ4v) is 3.17. The molecule has 142 valence electrons. The molecule has 7 heteroatoms. The molecule has 1 atom stereocenters. The molecule has 1 saturated heterocycles. The number of guanidine groups is 1. The van der Waals surface area contributed by atoms with Crippen LogP contribution in [0.2, 0.25) is 0 Å². The van der Waals surface area contributed by atoms with Crippen LogP contribution < -0.4 is 20.3 Å². The molecule has 7 nitrogen and oxygen atoms in total. The van der Waals surface area contributed by atoms with Crippen molar-refractivity contribution in [3.63, 3.8) is 0 Å². The van der Waals surface area contributed by atoms with Gasteiger partial charge in [-0.3, -0.25) is 9.79 Å². The first-order chi connectivity index (χ1) is 12.8. The Morgan fingerprint density at radius 2 is 2.23 bits per heavy atom. The number of para-hydroxylation sites is 2. The van der Waals surface area contributed by atoms with Crippen LogP contribution in [0, 0.1) is 0 Å². The Balaban J connectivity index is 1.47. The second-order valence-corrected chi connectivity index (χ2v) is 6.44. The molecule has 2 heterocycles. The topological polar surface area (TPSA) is 75.2 Å². The number of ether oxygens (including phenoxy) is 2. The van der Waals surface area contributed by atoms with E-state index >= 15 is 0 Å². The molecule has 1 aromatic rings. The van der Waals surface area contributed by atoms with Crippen molar-refractivity contribution in [1.29, 1.82) is 0 Å². The molecule has 0 aliphatic carbocycles. The minimum absolute atomic E-state index is 0.00246. The van der Waals surface area contributed by atoms with Gasteiger partial charge in [0, 0.05) is 26.2 Å². The summed E-state index contributed by atoms with van der Waals surface area (Å²) in [5.41, 5.74) is 0.850. The molecular weight excluding hydrogens is 332 g/mol. The highest BCUT2D eigenvalue weighted by molar-refractivity contribution is 5.97. The normalized spacial score (nSPS) is 19.9. The van der Waals surface area contributed by atoms with E-state index in [1.54, 1.807) is 4.90 Å². The summed E-state index contributed by atoms with van der Waals surface area (Å²) in [4.78, 5) is 18.6. The number of benzene rings is 1. The number of anilines is 1. The van der Waals surface area contributed by atoms with E-state index in [9.17, 15) is 4.79 Å². The SMILES string of the molecule is CCNC(=NCC1CCCO1)NCCCN1C(=O)COc2ccccc21. The average Bonchev–Trinajstić information content (AvgIpc) is 3.18. The number of hydrogen-bond acceptors (Lipinski definition) is 4. The van der Waals surface area contributed by atoms with E-state index in [4.69, 9.17) is 9.47 Å². The van der Waals surface area contributed by atoms with Crippen LogP contribution in [0.4, 0.5) is 5.69 Å². The minimum atomic E-state index is 0.00246. The average molecular weight is 360 g/mol. The lowest BCUT2D eigenvalue weighted by Crippen LogP contribution is -2.42. The first-order valence-electron chi connectivity index (χ1n) is 9.44. The molecule has 0 saturated carbocycles. The van der Waals surface area contributed by atoms with Gasteiger partial charge in [0.15, 0.2) is 12.6 Å². The third-order valence-electron chi connectivity index (χ3n) is 4.48. The maximum Gasteiger partial charge on any atom is 0.265 e. The van der Waals surface area contributed by atoms with Crippen LogP contribution in [0.25, 0.3) is 0 Å². The summed E-state index contributed by atoms with van der Waals surface area (Å²) in [7, 11) is 0. The van der Waals surface area contributed by atoms with E-state index in [-0.39, 0.29) is 18.6 Å². The van der Waals surface area contributed by atoms with Crippen molar-refractivity contribution in [1.82, 2.24) is 10.6 Å². The Hall–Kier alpha value is -2.28. The maximum atomic E-state index is 12.2. The van der Waals surface area contributed by atoms with Gasteiger partial charge in [0.05, 0.1) is 18.3 Å². The molecule has 0 spiro atoms. The molecule has 1 fully saturated rings. The van der Waals surface area contributed by atoms with Gasteiger partial charge in [-0.2, -0.15) is 0 Å². The monoisotopic (exact) mass is 360 g/mol. The Morgan fingerprint density at radius 3 is 3.04 bits per heavy atom. The Kier molecular flexibility index (Phi) is 6.71. The smallest absolute Gasteiger partial charge is 0.265 e. The third-order valence-corrected chi connectivity index (χ3v) is 4.48. The molecule has 1 aromatic carbocycles. The van der Waals surface area contributed by atoms with Gasteiger partial charge >= 0.3 is 0 Å². The highest BCUT2D eigenvalue weighted by Gasteiger charge is 2.24. The van der Waals surface area contributed by atoms with Crippen molar-refractivity contribution in [2.24, 2.45) is 4.99 Å². The number of amides is 1. The third kappa shape index (κ3) is 4.88. The van der Waals surface area contributed by atoms with Crippen LogP contribution in [0.5, 0.6) is 5.75 Å². The zero-order valence-corrected chi connectivity index (χ0v) is 15.4. The van der Waals surface area contributed by atoms with Crippen molar-refractivity contribution < 1.29 is 14.3 Å². The van der Waals surface area contributed by atoms with Crippen LogP contribution in [-0.2, 0) is 9.53 Å². The molecule has 0 radical (unpaired) electrons. The fraction of sp³-hybridized carbons (Fsp3) is 0.579. The van der Waals surface area contributed by atoms with E-state index in [1.165, 1.54) is 0 Å². The first-order valence-corrected chi connectivity index (χ1v) is 9.44. The summed E-state index contributed by atoms with van der Waals surface area (Å²) in [6.45, 7) is 5.89. The molecule has 26 heavy (non-hydrogen) atoms. The summed E-state index contributed by atoms with van der Waals surface area (Å²) in [5, 5.41) is 6.59. The molecule has 0 bridgehead atoms. The van der Waals surface area contributed by atoms with Gasteiger partial charge in [-0.05, 0) is 38.3 Å². The lowest BCUT2D eigenvalue weighted by Gasteiger charge is -2.29. The zero-order chi connectivity index (χ0) is 18.2. The maximum absolute atomic E-state index is 12.2. The molecule has 2 aliphatic heterocycles. The Bertz CT molecular complexity index is 629. The van der Waals surface area contributed by atoms with Crippen molar-refractivity contribution in [3.8, 4) is 5.75 Å². The second kappa shape index (κ2) is 9.43. The number of carbonyl (C=O) groups excluding carboxylic acids is 1. The van der Waals surface area contributed by atoms with Crippen LogP contribution >= 0.6 is 0 Å². The minimum Gasteiger partial charge on any atom is -0.482 e. The summed E-state index contributed by atoms with van der Waals surface area (Å²) in [6.07, 6.45) is 3.28. The predicted molar refractivity (Wildman–Crippen MR) is 102 cm³/mol. The van der Waals surface area contributed by atoms with Crippen LogP contribution in [-0.4, -0.2) is 57.4 Å². The number of hydrogen-bond donors (Lipinski definition) is 2. The van der Waals surface area contributed by atoms with E-state index in [1.807, 2.05) is 31.2 Å². The van der Waals surface area contributed by atoms with Gasteiger partial charge in [-0.15, -0.1) is 0 Å². The summed E-state index contributed by atoms with van der Waals surface area (Å²) in [6, 6.07) is 7.66. The first kappa shape index (κ1) is 18.5. The van der Waals surface area contributed by atoms with E-state index in [2.05, 4.69) is 15.6 Å². The second-order valence-electron chi connectivity index (χ2n) is 6.44. The van der Waals surface area contributed by atoms with Gasteiger partial charge < -0.3 is 25.0 Å². The lowest BCUT2D eigenvalue weighted by atomic mass is 10.2. The number of nitrogens with zero attached hydrogens (tertiary/aromatic N) is 2. The lowest BCUT2D eigenvalue weighted by molar-refractivity contribution is -0.121. The van der Waals surface area contributed by atoms with Gasteiger partial charge in [-0.25, -0.2) is 0 Å². The van der Waals surface area contributed by atoms with Gasteiger partial charge in [0.1, 0.15) is 5.75 Å². The van der Waals surface area contributed by atoms with Crippen molar-refractivity contribution in [3.05, 3.63) is 24.3 Å². The number of fused-ring (bicyclic) bond motifs is 1. The number of carbonyl (C=O) groups is 1. The summed E-state index contributed by atoms with van der Waals surface area (Å²) in [5.74, 6) is 1.57. The Labute approximate surface area is 154 Å². The number of rotatable bonds is 7. The standard InChI is InChI=1S/C19H28N4O3/c1-2-20-19(22-13-15-7-5-12-25-15)21-10-6-11-23-16-8-3-4-9-17(16)26-14-18(23)24/h3-4,8-9,15H,2,5-7,10-14H2,1H3,(H2,20,21,22). The highest BCUT2D eigenvalue weighted by Crippen LogP contribution is 2.31. The van der Waals surface area contributed by atoms with Gasteiger partial charge in [0.2, 0.25) is 0 Å². The van der Waals surface area contributed by atoms with Crippen molar-refractivity contribution >= 4 is 17.6 Å². The van der Waals surface area contributed by atoms with E-state index in [0.717, 1.165) is 56.4 Å². The molecule has 3 rings (SSSR count). The molecule has 1 amide bonds. The zero-order valence-electron chi connectivity index (χ0n) is 15.4. The Morgan fingerprint density at radius 1 is 1.35 bits per heavy atom. The number of nitrogens with one attached hydrogen (secondary N) is 2. The predicted octanol–water partition coefficient (Wildman–Crippen LogP) is 1.54. The largest absolute Gasteiger partial charge is 0.482 e. The molecular formula is C19H28N4O3. The number of aliphatic imine (C=N–C) groups is 1. The summed E-state index contributed by atoms with van der Waals surface area (Å²) < 4.78 is 11.1. The van der Waals surface area contributed by atoms with Crippen molar-refractivity contribution in [2.45, 2.75) is 32.3 Å². The quantitative estimate of drug-likeness (QED) is 0.438. The van der Waals surface area contributed by atoms with Crippen LogP contribution in [0.1, 0.15) is 26.2 Å². The van der Waals surface area contributed by atoms with E-state index in [0.29, 0.717) is 13.1 Å². The van der Waals surface area contributed by atoms with Crippen LogP contribution in [0.3, 0.4) is 0 Å². The fourth-order valence-electron chi connectivity index (χ4n) is 3.17. The van der Waals surface area contributed by atoms with E-state index < -0.39 is 0 Å². The van der Waals surface area contributed by atoms with Gasteiger partial charge in [0.25, 0.3) is 5.91 Å². The highest BCUT2D eigenvalue weighted by atomic mass is 16.5. The van der Waals surface area contributed by atoms with Crippen LogP contribution in [0.15, 0.2) is 29.3 Å². The van der Waals surface area contributed by atoms with Crippen molar-refractivity contribution in [2.75, 3.05) is 44.3 Å². The molecule has 2 aliphatic rings. The molecule has 1 unspecified atom stereocenters.